The molecule has 9 heteroatoms. The minimum absolute atomic E-state index is 0.0211. The lowest BCUT2D eigenvalue weighted by Crippen LogP contribution is -2.46. The first kappa shape index (κ1) is 20.9. The second-order valence-corrected chi connectivity index (χ2v) is 7.33. The average molecular weight is 391 g/mol. The van der Waals surface area contributed by atoms with Crippen molar-refractivity contribution in [2.24, 2.45) is 5.92 Å². The molecule has 0 radical (unpaired) electrons. The van der Waals surface area contributed by atoms with Crippen molar-refractivity contribution < 1.29 is 14.3 Å². The number of rotatable bonds is 8. The van der Waals surface area contributed by atoms with E-state index in [2.05, 4.69) is 20.8 Å². The van der Waals surface area contributed by atoms with Crippen molar-refractivity contribution in [2.45, 2.75) is 45.3 Å². The van der Waals surface area contributed by atoms with Crippen molar-refractivity contribution >= 4 is 23.6 Å². The molecule has 1 aromatic carbocycles. The van der Waals surface area contributed by atoms with E-state index in [1.165, 1.54) is 24.4 Å². The molecule has 0 spiro atoms. The third-order valence-electron chi connectivity index (χ3n) is 4.49. The quantitative estimate of drug-likeness (QED) is 0.543. The second-order valence-electron chi connectivity index (χ2n) is 6.38. The fraction of sp³-hybridized carbons (Fsp3) is 0.500. The van der Waals surface area contributed by atoms with E-state index < -0.39 is 12.0 Å². The van der Waals surface area contributed by atoms with E-state index in [4.69, 9.17) is 4.74 Å². The molecule has 1 N–H and O–H groups in total. The molecule has 0 aliphatic rings. The van der Waals surface area contributed by atoms with E-state index in [0.29, 0.717) is 5.16 Å². The largest absolute Gasteiger partial charge is 0.467 e. The van der Waals surface area contributed by atoms with Crippen LogP contribution in [0.3, 0.4) is 0 Å². The maximum atomic E-state index is 12.3. The Kier molecular flexibility index (Phi) is 7.35. The molecule has 0 saturated heterocycles. The molecule has 8 nitrogen and oxygen atoms in total. The standard InChI is InChI=1S/C18H25N5O3S/c1-6-11(2)16(17(25)26-5)19-15(24)10-27-18-20-21-22-23(18)14-8-7-12(3)13(4)9-14/h7-9,11,16H,6,10H2,1-5H3,(H,19,24)/t11-,16-/m1/s1. The second kappa shape index (κ2) is 9.50. The molecule has 0 aliphatic heterocycles. The van der Waals surface area contributed by atoms with Crippen LogP contribution in [0.15, 0.2) is 23.4 Å². The SMILES string of the molecule is CC[C@@H](C)[C@@H](NC(=O)CSc1nnnn1-c1ccc(C)c(C)c1)C(=O)OC. The van der Waals surface area contributed by atoms with Crippen LogP contribution in [0.1, 0.15) is 31.4 Å². The number of hydrogen-bond donors (Lipinski definition) is 1. The highest BCUT2D eigenvalue weighted by atomic mass is 32.2. The van der Waals surface area contributed by atoms with Gasteiger partial charge >= 0.3 is 5.97 Å². The summed E-state index contributed by atoms with van der Waals surface area (Å²) >= 11 is 1.21. The lowest BCUT2D eigenvalue weighted by Gasteiger charge is -2.21. The minimum Gasteiger partial charge on any atom is -0.467 e. The third-order valence-corrected chi connectivity index (χ3v) is 5.41. The molecule has 2 rings (SSSR count). The van der Waals surface area contributed by atoms with E-state index in [1.54, 1.807) is 4.68 Å². The number of carbonyl (C=O) groups excluding carboxylic acids is 2. The molecule has 2 atom stereocenters. The van der Waals surface area contributed by atoms with Gasteiger partial charge in [-0.2, -0.15) is 4.68 Å². The third kappa shape index (κ3) is 5.29. The number of aromatic nitrogens is 4. The highest BCUT2D eigenvalue weighted by Gasteiger charge is 2.26. The van der Waals surface area contributed by atoms with Gasteiger partial charge in [0.1, 0.15) is 6.04 Å². The Morgan fingerprint density at radius 2 is 2.04 bits per heavy atom. The molecule has 0 unspecified atom stereocenters. The summed E-state index contributed by atoms with van der Waals surface area (Å²) in [5.74, 6) is -0.643. The molecule has 146 valence electrons. The topological polar surface area (TPSA) is 99.0 Å². The lowest BCUT2D eigenvalue weighted by atomic mass is 9.99. The molecule has 1 heterocycles. The van der Waals surface area contributed by atoms with Crippen LogP contribution in [-0.4, -0.2) is 51.0 Å². The number of benzene rings is 1. The van der Waals surface area contributed by atoms with Gasteiger partial charge in [0.25, 0.3) is 0 Å². The first-order chi connectivity index (χ1) is 12.9. The minimum atomic E-state index is -0.663. The Hall–Kier alpha value is -2.42. The van der Waals surface area contributed by atoms with Gasteiger partial charge in [-0.05, 0) is 53.5 Å². The summed E-state index contributed by atoms with van der Waals surface area (Å²) in [4.78, 5) is 24.2. The number of nitrogens with one attached hydrogen (secondary N) is 1. The zero-order valence-corrected chi connectivity index (χ0v) is 17.0. The van der Waals surface area contributed by atoms with Gasteiger partial charge in [-0.25, -0.2) is 4.79 Å². The average Bonchev–Trinajstić information content (AvgIpc) is 3.14. The van der Waals surface area contributed by atoms with Crippen molar-refractivity contribution in [1.82, 2.24) is 25.5 Å². The maximum absolute atomic E-state index is 12.3. The molecule has 27 heavy (non-hydrogen) atoms. The molecule has 0 aliphatic carbocycles. The normalized spacial score (nSPS) is 13.1. The van der Waals surface area contributed by atoms with Gasteiger partial charge in [-0.1, -0.05) is 38.1 Å². The summed E-state index contributed by atoms with van der Waals surface area (Å²) < 4.78 is 6.38. The van der Waals surface area contributed by atoms with Crippen LogP contribution in [0.25, 0.3) is 5.69 Å². The number of aryl methyl sites for hydroxylation is 2. The van der Waals surface area contributed by atoms with Crippen molar-refractivity contribution in [3.05, 3.63) is 29.3 Å². The molecule has 1 amide bonds. The Bertz CT molecular complexity index is 808. The number of methoxy groups -OCH3 is 1. The molecule has 0 bridgehead atoms. The monoisotopic (exact) mass is 391 g/mol. The van der Waals surface area contributed by atoms with Crippen LogP contribution >= 0.6 is 11.8 Å². The van der Waals surface area contributed by atoms with Crippen molar-refractivity contribution in [3.63, 3.8) is 0 Å². The van der Waals surface area contributed by atoms with Crippen LogP contribution in [0.2, 0.25) is 0 Å². The van der Waals surface area contributed by atoms with Crippen LogP contribution < -0.4 is 5.32 Å². The Morgan fingerprint density at radius 1 is 1.30 bits per heavy atom. The van der Waals surface area contributed by atoms with Gasteiger partial charge in [0.15, 0.2) is 0 Å². The van der Waals surface area contributed by atoms with E-state index in [0.717, 1.165) is 17.7 Å². The number of thioether (sulfide) groups is 1. The van der Waals surface area contributed by atoms with Gasteiger partial charge in [0, 0.05) is 0 Å². The number of ether oxygens (including phenoxy) is 1. The summed E-state index contributed by atoms with van der Waals surface area (Å²) in [7, 11) is 1.32. The molecular formula is C18H25N5O3S. The molecule has 2 aromatic rings. The van der Waals surface area contributed by atoms with Gasteiger partial charge in [0.2, 0.25) is 11.1 Å². The predicted molar refractivity (Wildman–Crippen MR) is 103 cm³/mol. The molecule has 0 fully saturated rings. The number of tetrazole rings is 1. The summed E-state index contributed by atoms with van der Waals surface area (Å²) in [5, 5.41) is 15.0. The molecule has 0 saturated carbocycles. The van der Waals surface area contributed by atoms with E-state index in [-0.39, 0.29) is 17.6 Å². The van der Waals surface area contributed by atoms with Crippen molar-refractivity contribution in [1.29, 1.82) is 0 Å². The van der Waals surface area contributed by atoms with Gasteiger partial charge < -0.3 is 10.1 Å². The van der Waals surface area contributed by atoms with Gasteiger partial charge in [-0.15, -0.1) is 5.10 Å². The van der Waals surface area contributed by atoms with Crippen molar-refractivity contribution in [2.75, 3.05) is 12.9 Å². The number of esters is 1. The number of hydrogen-bond acceptors (Lipinski definition) is 7. The zero-order chi connectivity index (χ0) is 20.0. The highest BCUT2D eigenvalue weighted by molar-refractivity contribution is 7.99. The fourth-order valence-electron chi connectivity index (χ4n) is 2.43. The fourth-order valence-corrected chi connectivity index (χ4v) is 3.13. The number of nitrogens with zero attached hydrogens (tertiary/aromatic N) is 4. The summed E-state index contributed by atoms with van der Waals surface area (Å²) in [6, 6.07) is 5.26. The number of carbonyl (C=O) groups is 2. The summed E-state index contributed by atoms with van der Waals surface area (Å²) in [5.41, 5.74) is 3.14. The van der Waals surface area contributed by atoms with Crippen LogP contribution in [0, 0.1) is 19.8 Å². The van der Waals surface area contributed by atoms with Crippen molar-refractivity contribution in [3.8, 4) is 5.69 Å². The number of amides is 1. The van der Waals surface area contributed by atoms with Gasteiger partial charge in [0.05, 0.1) is 18.6 Å². The Labute approximate surface area is 163 Å². The van der Waals surface area contributed by atoms with Crippen LogP contribution in [0.5, 0.6) is 0 Å². The first-order valence-corrected chi connectivity index (χ1v) is 9.71. The molecule has 1 aromatic heterocycles. The summed E-state index contributed by atoms with van der Waals surface area (Å²) in [6.07, 6.45) is 0.748. The van der Waals surface area contributed by atoms with Gasteiger partial charge in [-0.3, -0.25) is 4.79 Å². The molecular weight excluding hydrogens is 366 g/mol. The van der Waals surface area contributed by atoms with E-state index in [9.17, 15) is 9.59 Å². The van der Waals surface area contributed by atoms with E-state index >= 15 is 0 Å². The zero-order valence-electron chi connectivity index (χ0n) is 16.2. The lowest BCUT2D eigenvalue weighted by molar-refractivity contribution is -0.146. The van der Waals surface area contributed by atoms with E-state index in [1.807, 2.05) is 45.9 Å². The Balaban J connectivity index is 2.04. The first-order valence-electron chi connectivity index (χ1n) is 8.73. The summed E-state index contributed by atoms with van der Waals surface area (Å²) in [6.45, 7) is 7.91. The maximum Gasteiger partial charge on any atom is 0.328 e. The highest BCUT2D eigenvalue weighted by Crippen LogP contribution is 2.20. The van der Waals surface area contributed by atoms with Crippen LogP contribution in [-0.2, 0) is 14.3 Å². The Morgan fingerprint density at radius 3 is 2.67 bits per heavy atom. The predicted octanol–water partition coefficient (Wildman–Crippen LogP) is 2.08. The van der Waals surface area contributed by atoms with Crippen LogP contribution in [0.4, 0.5) is 0 Å². The smallest absolute Gasteiger partial charge is 0.328 e.